The van der Waals surface area contributed by atoms with Gasteiger partial charge < -0.3 is 19.5 Å². The zero-order valence-corrected chi connectivity index (χ0v) is 20.7. The van der Waals surface area contributed by atoms with Crippen molar-refractivity contribution in [3.63, 3.8) is 0 Å². The highest BCUT2D eigenvalue weighted by atomic mass is 19.1. The van der Waals surface area contributed by atoms with E-state index < -0.39 is 23.2 Å². The van der Waals surface area contributed by atoms with Crippen LogP contribution in [0, 0.1) is 5.82 Å². The van der Waals surface area contributed by atoms with Crippen molar-refractivity contribution < 1.29 is 28.2 Å². The summed E-state index contributed by atoms with van der Waals surface area (Å²) in [6.45, 7) is 5.58. The summed E-state index contributed by atoms with van der Waals surface area (Å²) in [5.41, 5.74) is -0.596. The topological polar surface area (TPSA) is 105 Å². The first kappa shape index (κ1) is 25.4. The van der Waals surface area contributed by atoms with Crippen molar-refractivity contribution >= 4 is 17.7 Å². The maximum Gasteiger partial charge on any atom is 0.366 e. The lowest BCUT2D eigenvalue weighted by molar-refractivity contribution is 0.0729. The van der Waals surface area contributed by atoms with E-state index in [1.807, 2.05) is 39.0 Å². The van der Waals surface area contributed by atoms with Crippen LogP contribution >= 0.6 is 0 Å². The minimum Gasteiger partial charge on any atom is -0.468 e. The molecule has 0 aliphatic rings. The van der Waals surface area contributed by atoms with Crippen molar-refractivity contribution in [3.05, 3.63) is 90.0 Å². The molecule has 9 nitrogen and oxygen atoms in total. The molecule has 37 heavy (non-hydrogen) atoms. The number of rotatable bonds is 7. The lowest BCUT2D eigenvalue weighted by atomic mass is 10.1. The molecule has 0 spiro atoms. The lowest BCUT2D eigenvalue weighted by Crippen LogP contribution is -2.27. The average Bonchev–Trinajstić information content (AvgIpc) is 3.25. The zero-order valence-electron chi connectivity index (χ0n) is 20.7. The van der Waals surface area contributed by atoms with E-state index in [2.05, 4.69) is 15.3 Å². The number of para-hydroxylation sites is 1. The standard InChI is InChI=1S/C27H25FN4O5/c1-27(2,3)32-23(22(30-26(32)35-4)25(34)37-20-13-11-18(28)12-14-20)31-24(33)17-10-15-21(29-16-17)36-19-8-6-5-7-9-19/h5-16H,1-4H3,(H,31,33). The molecule has 2 heterocycles. The number of nitrogens with zero attached hydrogens (tertiary/aromatic N) is 3. The van der Waals surface area contributed by atoms with Gasteiger partial charge in [-0.2, -0.15) is 4.98 Å². The first-order valence-electron chi connectivity index (χ1n) is 11.3. The van der Waals surface area contributed by atoms with E-state index in [1.165, 1.54) is 25.4 Å². The molecule has 0 atom stereocenters. The highest BCUT2D eigenvalue weighted by Crippen LogP contribution is 2.32. The summed E-state index contributed by atoms with van der Waals surface area (Å²) in [5.74, 6) is -0.751. The van der Waals surface area contributed by atoms with Gasteiger partial charge >= 0.3 is 5.97 Å². The molecule has 1 amide bonds. The molecule has 1 N–H and O–H groups in total. The second kappa shape index (κ2) is 10.5. The van der Waals surface area contributed by atoms with Crippen molar-refractivity contribution in [3.8, 4) is 23.4 Å². The van der Waals surface area contributed by atoms with E-state index in [4.69, 9.17) is 14.2 Å². The Hall–Kier alpha value is -4.73. The van der Waals surface area contributed by atoms with E-state index in [9.17, 15) is 14.0 Å². The number of ether oxygens (including phenoxy) is 3. The molecule has 0 unspecified atom stereocenters. The fraction of sp³-hybridized carbons (Fsp3) is 0.185. The van der Waals surface area contributed by atoms with Gasteiger partial charge in [0.2, 0.25) is 5.88 Å². The molecule has 0 aliphatic heterocycles. The van der Waals surface area contributed by atoms with Crippen LogP contribution in [0.2, 0.25) is 0 Å². The van der Waals surface area contributed by atoms with Crippen LogP contribution in [0.3, 0.4) is 0 Å². The van der Waals surface area contributed by atoms with Crippen LogP contribution in [-0.2, 0) is 5.54 Å². The van der Waals surface area contributed by atoms with Gasteiger partial charge in [-0.3, -0.25) is 9.36 Å². The minimum atomic E-state index is -0.854. The summed E-state index contributed by atoms with van der Waals surface area (Å²) in [6.07, 6.45) is 1.36. The third kappa shape index (κ3) is 5.92. The Morgan fingerprint density at radius 2 is 1.65 bits per heavy atom. The number of amides is 1. The second-order valence-corrected chi connectivity index (χ2v) is 8.90. The van der Waals surface area contributed by atoms with Crippen molar-refractivity contribution in [2.24, 2.45) is 0 Å². The van der Waals surface area contributed by atoms with Crippen LogP contribution in [0.25, 0.3) is 0 Å². The van der Waals surface area contributed by atoms with E-state index in [0.29, 0.717) is 11.6 Å². The van der Waals surface area contributed by atoms with E-state index in [0.717, 1.165) is 12.1 Å². The number of carbonyl (C=O) groups is 2. The number of pyridine rings is 1. The number of hydrogen-bond donors (Lipinski definition) is 1. The van der Waals surface area contributed by atoms with E-state index >= 15 is 0 Å². The Morgan fingerprint density at radius 3 is 2.24 bits per heavy atom. The van der Waals surface area contributed by atoms with Crippen molar-refractivity contribution in [1.29, 1.82) is 0 Å². The molecule has 4 aromatic rings. The number of carbonyl (C=O) groups excluding carboxylic acids is 2. The van der Waals surface area contributed by atoms with Gasteiger partial charge in [0.25, 0.3) is 11.9 Å². The largest absolute Gasteiger partial charge is 0.468 e. The molecule has 190 valence electrons. The van der Waals surface area contributed by atoms with Crippen LogP contribution in [0.15, 0.2) is 72.9 Å². The highest BCUT2D eigenvalue weighted by Gasteiger charge is 2.32. The smallest absolute Gasteiger partial charge is 0.366 e. The third-order valence-electron chi connectivity index (χ3n) is 5.11. The van der Waals surface area contributed by atoms with Crippen LogP contribution in [0.5, 0.6) is 23.4 Å². The molecule has 0 fully saturated rings. The van der Waals surface area contributed by atoms with Gasteiger partial charge in [0.05, 0.1) is 12.7 Å². The number of benzene rings is 2. The maximum atomic E-state index is 13.3. The Labute approximate surface area is 212 Å². The Morgan fingerprint density at radius 1 is 0.946 bits per heavy atom. The number of aromatic nitrogens is 3. The van der Waals surface area contributed by atoms with Crippen LogP contribution < -0.4 is 19.5 Å². The third-order valence-corrected chi connectivity index (χ3v) is 5.11. The maximum absolute atomic E-state index is 13.3. The normalized spacial score (nSPS) is 11.1. The number of imidazole rings is 1. The van der Waals surface area contributed by atoms with Gasteiger partial charge in [0, 0.05) is 17.8 Å². The van der Waals surface area contributed by atoms with Gasteiger partial charge in [0.15, 0.2) is 11.5 Å². The fourth-order valence-corrected chi connectivity index (χ4v) is 3.44. The van der Waals surface area contributed by atoms with Gasteiger partial charge in [-0.05, 0) is 63.2 Å². The molecule has 0 saturated heterocycles. The number of methoxy groups -OCH3 is 1. The molecule has 4 rings (SSSR count). The predicted molar refractivity (Wildman–Crippen MR) is 134 cm³/mol. The summed E-state index contributed by atoms with van der Waals surface area (Å²) >= 11 is 0. The molecule has 0 bridgehead atoms. The van der Waals surface area contributed by atoms with Gasteiger partial charge in [-0.25, -0.2) is 14.2 Å². The SMILES string of the molecule is COc1nc(C(=O)Oc2ccc(F)cc2)c(NC(=O)c2ccc(Oc3ccccc3)nc2)n1C(C)(C)C. The molecule has 2 aromatic carbocycles. The van der Waals surface area contributed by atoms with Crippen LogP contribution in [0.4, 0.5) is 10.2 Å². The van der Waals surface area contributed by atoms with Crippen molar-refractivity contribution in [2.75, 3.05) is 12.4 Å². The van der Waals surface area contributed by atoms with Gasteiger partial charge in [0.1, 0.15) is 17.3 Å². The molecule has 10 heteroatoms. The Bertz CT molecular complexity index is 1400. The molecule has 0 radical (unpaired) electrons. The molecular formula is C27H25FN4O5. The number of esters is 1. The Kier molecular flexibility index (Phi) is 7.19. The van der Waals surface area contributed by atoms with Crippen molar-refractivity contribution in [2.45, 2.75) is 26.3 Å². The fourth-order valence-electron chi connectivity index (χ4n) is 3.44. The Balaban J connectivity index is 1.62. The first-order valence-corrected chi connectivity index (χ1v) is 11.3. The molecular weight excluding hydrogens is 479 g/mol. The monoisotopic (exact) mass is 504 g/mol. The molecule has 0 saturated carbocycles. The number of hydrogen-bond acceptors (Lipinski definition) is 7. The lowest BCUT2D eigenvalue weighted by Gasteiger charge is -2.25. The highest BCUT2D eigenvalue weighted by molar-refractivity contribution is 6.07. The first-order chi connectivity index (χ1) is 17.7. The number of anilines is 1. The van der Waals surface area contributed by atoms with Gasteiger partial charge in [-0.1, -0.05) is 18.2 Å². The number of halogens is 1. The second-order valence-electron chi connectivity index (χ2n) is 8.90. The molecule has 0 aliphatic carbocycles. The number of nitrogens with one attached hydrogen (secondary N) is 1. The average molecular weight is 505 g/mol. The summed E-state index contributed by atoms with van der Waals surface area (Å²) in [5, 5.41) is 2.74. The quantitative estimate of drug-likeness (QED) is 0.264. The summed E-state index contributed by atoms with van der Waals surface area (Å²) < 4.78 is 31.2. The van der Waals surface area contributed by atoms with Crippen molar-refractivity contribution in [1.82, 2.24) is 14.5 Å². The summed E-state index contributed by atoms with van der Waals surface area (Å²) in [6, 6.07) is 17.3. The summed E-state index contributed by atoms with van der Waals surface area (Å²) in [4.78, 5) is 34.7. The minimum absolute atomic E-state index is 0.0751. The van der Waals surface area contributed by atoms with Gasteiger partial charge in [-0.15, -0.1) is 0 Å². The van der Waals surface area contributed by atoms with E-state index in [1.54, 1.807) is 28.8 Å². The van der Waals surface area contributed by atoms with E-state index in [-0.39, 0.29) is 28.8 Å². The van der Waals surface area contributed by atoms with Crippen LogP contribution in [0.1, 0.15) is 41.6 Å². The molecule has 2 aromatic heterocycles. The predicted octanol–water partition coefficient (Wildman–Crippen LogP) is 5.44. The summed E-state index contributed by atoms with van der Waals surface area (Å²) in [7, 11) is 1.40. The zero-order chi connectivity index (χ0) is 26.6. The van der Waals surface area contributed by atoms with Crippen LogP contribution in [-0.4, -0.2) is 33.5 Å².